The van der Waals surface area contributed by atoms with Crippen LogP contribution in [0.1, 0.15) is 50.3 Å². The van der Waals surface area contributed by atoms with Crippen LogP contribution >= 0.6 is 0 Å². The number of aromatic nitrogens is 2. The van der Waals surface area contributed by atoms with Crippen molar-refractivity contribution in [2.24, 2.45) is 5.92 Å². The third kappa shape index (κ3) is 2.84. The van der Waals surface area contributed by atoms with Gasteiger partial charge in [0.25, 0.3) is 5.56 Å². The van der Waals surface area contributed by atoms with E-state index in [4.69, 9.17) is 0 Å². The fraction of sp³-hybridized carbons (Fsp3) is 0.643. The van der Waals surface area contributed by atoms with Crippen molar-refractivity contribution in [1.29, 1.82) is 0 Å². The number of carbonyl (C=O) groups is 1. The molecule has 0 aliphatic heterocycles. The third-order valence-electron chi connectivity index (χ3n) is 4.14. The molecule has 3 N–H and O–H groups in total. The highest BCUT2D eigenvalue weighted by Crippen LogP contribution is 2.37. The van der Waals surface area contributed by atoms with Crippen LogP contribution in [0, 0.1) is 5.92 Å². The maximum Gasteiger partial charge on any atom is 0.308 e. The van der Waals surface area contributed by atoms with E-state index in [1.165, 1.54) is 6.07 Å². The van der Waals surface area contributed by atoms with Gasteiger partial charge in [-0.05, 0) is 25.7 Å². The first kappa shape index (κ1) is 13.1. The molecule has 6 heteroatoms. The highest BCUT2D eigenvalue weighted by Gasteiger charge is 2.31. The van der Waals surface area contributed by atoms with Gasteiger partial charge in [-0.15, -0.1) is 0 Å². The number of hydrogen-bond acceptors (Lipinski definition) is 4. The predicted octanol–water partition coefficient (Wildman–Crippen LogP) is 1.70. The largest absolute Gasteiger partial charge is 0.481 e. The molecular formula is C14H19N3O3. The van der Waals surface area contributed by atoms with Gasteiger partial charge in [0.2, 0.25) is 0 Å². The molecule has 0 radical (unpaired) electrons. The Balaban J connectivity index is 1.78. The van der Waals surface area contributed by atoms with Crippen molar-refractivity contribution in [2.45, 2.75) is 50.5 Å². The van der Waals surface area contributed by atoms with Crippen molar-refractivity contribution in [3.05, 3.63) is 22.2 Å². The maximum absolute atomic E-state index is 11.6. The molecule has 2 aliphatic carbocycles. The molecule has 0 spiro atoms. The number of anilines is 1. The number of carboxylic acid groups (broad SMARTS) is 1. The zero-order chi connectivity index (χ0) is 14.1. The fourth-order valence-corrected chi connectivity index (χ4v) is 2.89. The molecule has 0 saturated heterocycles. The smallest absolute Gasteiger partial charge is 0.308 e. The Kier molecular flexibility index (Phi) is 3.46. The summed E-state index contributed by atoms with van der Waals surface area (Å²) in [5, 5.41) is 12.4. The second-order valence-corrected chi connectivity index (χ2v) is 5.77. The minimum absolute atomic E-state index is 0.136. The third-order valence-corrected chi connectivity index (χ3v) is 4.14. The Labute approximate surface area is 116 Å². The van der Waals surface area contributed by atoms with E-state index in [2.05, 4.69) is 15.3 Å². The van der Waals surface area contributed by atoms with Gasteiger partial charge >= 0.3 is 5.97 Å². The number of nitrogens with zero attached hydrogens (tertiary/aromatic N) is 1. The lowest BCUT2D eigenvalue weighted by atomic mass is 9.84. The van der Waals surface area contributed by atoms with Crippen LogP contribution in [0.2, 0.25) is 0 Å². The van der Waals surface area contributed by atoms with E-state index in [9.17, 15) is 14.7 Å². The van der Waals surface area contributed by atoms with Crippen molar-refractivity contribution in [3.63, 3.8) is 0 Å². The standard InChI is InChI=1S/C14H19N3O3/c18-12-7-11(16-13(17-12)8-5-6-8)15-10-4-2-1-3-9(10)14(19)20/h7-10H,1-6H2,(H,19,20)(H2,15,16,17,18). The monoisotopic (exact) mass is 277 g/mol. The summed E-state index contributed by atoms with van der Waals surface area (Å²) in [6.45, 7) is 0. The molecule has 2 unspecified atom stereocenters. The molecule has 0 amide bonds. The summed E-state index contributed by atoms with van der Waals surface area (Å²) in [5.74, 6) is 0.436. The van der Waals surface area contributed by atoms with Gasteiger partial charge in [0, 0.05) is 18.0 Å². The highest BCUT2D eigenvalue weighted by atomic mass is 16.4. The van der Waals surface area contributed by atoms with Crippen molar-refractivity contribution in [2.75, 3.05) is 5.32 Å². The van der Waals surface area contributed by atoms with Gasteiger partial charge in [-0.1, -0.05) is 12.8 Å². The van der Waals surface area contributed by atoms with E-state index in [1.54, 1.807) is 0 Å². The van der Waals surface area contributed by atoms with Crippen LogP contribution in [0.25, 0.3) is 0 Å². The first-order valence-electron chi connectivity index (χ1n) is 7.24. The SMILES string of the molecule is O=C(O)C1CCCCC1Nc1cc(=O)[nH]c(C2CC2)n1. The van der Waals surface area contributed by atoms with Crippen molar-refractivity contribution < 1.29 is 9.90 Å². The van der Waals surface area contributed by atoms with Crippen molar-refractivity contribution in [3.8, 4) is 0 Å². The predicted molar refractivity (Wildman–Crippen MR) is 73.8 cm³/mol. The Hall–Kier alpha value is -1.85. The Morgan fingerprint density at radius 2 is 2.05 bits per heavy atom. The van der Waals surface area contributed by atoms with E-state index >= 15 is 0 Å². The molecule has 0 aromatic carbocycles. The topological polar surface area (TPSA) is 95.1 Å². The van der Waals surface area contributed by atoms with E-state index in [0.717, 1.165) is 37.9 Å². The lowest BCUT2D eigenvalue weighted by molar-refractivity contribution is -0.143. The molecule has 1 aromatic heterocycles. The van der Waals surface area contributed by atoms with E-state index in [-0.39, 0.29) is 11.6 Å². The number of rotatable bonds is 4. The molecule has 3 rings (SSSR count). The van der Waals surface area contributed by atoms with Gasteiger partial charge in [-0.3, -0.25) is 9.59 Å². The summed E-state index contributed by atoms with van der Waals surface area (Å²) in [7, 11) is 0. The molecule has 2 saturated carbocycles. The molecule has 1 heterocycles. The first-order chi connectivity index (χ1) is 9.63. The van der Waals surface area contributed by atoms with Crippen LogP contribution in [-0.2, 0) is 4.79 Å². The second-order valence-electron chi connectivity index (χ2n) is 5.77. The van der Waals surface area contributed by atoms with Gasteiger partial charge in [0.15, 0.2) is 0 Å². The van der Waals surface area contributed by atoms with Crippen LogP contribution in [0.5, 0.6) is 0 Å². The number of nitrogens with one attached hydrogen (secondary N) is 2. The first-order valence-corrected chi connectivity index (χ1v) is 7.24. The fourth-order valence-electron chi connectivity index (χ4n) is 2.89. The summed E-state index contributed by atoms with van der Waals surface area (Å²) in [4.78, 5) is 30.1. The number of carboxylic acids is 1. The highest BCUT2D eigenvalue weighted by molar-refractivity contribution is 5.71. The summed E-state index contributed by atoms with van der Waals surface area (Å²) >= 11 is 0. The molecular weight excluding hydrogens is 258 g/mol. The molecule has 0 bridgehead atoms. The molecule has 20 heavy (non-hydrogen) atoms. The van der Waals surface area contributed by atoms with Crippen LogP contribution in [0.15, 0.2) is 10.9 Å². The van der Waals surface area contributed by atoms with Crippen LogP contribution < -0.4 is 10.9 Å². The molecule has 2 fully saturated rings. The van der Waals surface area contributed by atoms with Crippen LogP contribution in [0.3, 0.4) is 0 Å². The number of aromatic amines is 1. The van der Waals surface area contributed by atoms with Gasteiger partial charge in [0.05, 0.1) is 5.92 Å². The average Bonchev–Trinajstić information content (AvgIpc) is 3.22. The number of H-pyrrole nitrogens is 1. The molecule has 1 aromatic rings. The summed E-state index contributed by atoms with van der Waals surface area (Å²) in [6, 6.07) is 1.28. The Bertz CT molecular complexity index is 565. The summed E-state index contributed by atoms with van der Waals surface area (Å²) in [5.41, 5.74) is -0.174. The number of aliphatic carboxylic acids is 1. The van der Waals surface area contributed by atoms with E-state index in [1.807, 2.05) is 0 Å². The summed E-state index contributed by atoms with van der Waals surface area (Å²) < 4.78 is 0. The van der Waals surface area contributed by atoms with Crippen LogP contribution in [-0.4, -0.2) is 27.1 Å². The quantitative estimate of drug-likeness (QED) is 0.778. The van der Waals surface area contributed by atoms with Gasteiger partial charge in [0.1, 0.15) is 11.6 Å². The van der Waals surface area contributed by atoms with Crippen molar-refractivity contribution >= 4 is 11.8 Å². The maximum atomic E-state index is 11.6. The molecule has 108 valence electrons. The lowest BCUT2D eigenvalue weighted by Gasteiger charge is -2.29. The second kappa shape index (κ2) is 5.26. The van der Waals surface area contributed by atoms with Crippen molar-refractivity contribution in [1.82, 2.24) is 9.97 Å². The van der Waals surface area contributed by atoms with E-state index < -0.39 is 11.9 Å². The normalized spacial score (nSPS) is 26.2. The Morgan fingerprint density at radius 3 is 2.75 bits per heavy atom. The summed E-state index contributed by atoms with van der Waals surface area (Å²) in [6.07, 6.45) is 5.59. The van der Waals surface area contributed by atoms with Gasteiger partial charge in [-0.25, -0.2) is 4.98 Å². The molecule has 2 aliphatic rings. The average molecular weight is 277 g/mol. The Morgan fingerprint density at radius 1 is 1.30 bits per heavy atom. The zero-order valence-corrected chi connectivity index (χ0v) is 11.3. The molecule has 2 atom stereocenters. The van der Waals surface area contributed by atoms with Crippen LogP contribution in [0.4, 0.5) is 5.82 Å². The van der Waals surface area contributed by atoms with Gasteiger partial charge < -0.3 is 15.4 Å². The molecule has 6 nitrogen and oxygen atoms in total. The minimum atomic E-state index is -0.769. The minimum Gasteiger partial charge on any atom is -0.481 e. The number of hydrogen-bond donors (Lipinski definition) is 3. The van der Waals surface area contributed by atoms with Gasteiger partial charge in [-0.2, -0.15) is 0 Å². The van der Waals surface area contributed by atoms with E-state index in [0.29, 0.717) is 18.2 Å². The lowest BCUT2D eigenvalue weighted by Crippen LogP contribution is -2.37. The zero-order valence-electron chi connectivity index (χ0n) is 11.3.